The van der Waals surface area contributed by atoms with Gasteiger partial charge >= 0.3 is 0 Å². The predicted octanol–water partition coefficient (Wildman–Crippen LogP) is 1.16. The SMILES string of the molecule is COc1ccc(OC)c2c1C(=O)C(Cl)=C(N1CCN(CCOCCO)CC1)C2=O. The summed E-state index contributed by atoms with van der Waals surface area (Å²) in [5.41, 5.74) is 0.549. The molecule has 0 spiro atoms. The number of halogens is 1. The highest BCUT2D eigenvalue weighted by Crippen LogP contribution is 2.40. The van der Waals surface area contributed by atoms with Gasteiger partial charge in [0, 0.05) is 32.7 Å². The van der Waals surface area contributed by atoms with Gasteiger partial charge in [0.05, 0.1) is 45.2 Å². The lowest BCUT2D eigenvalue weighted by atomic mass is 9.90. The highest BCUT2D eigenvalue weighted by atomic mass is 35.5. The molecular weight excluding hydrogens is 400 g/mol. The average molecular weight is 425 g/mol. The smallest absolute Gasteiger partial charge is 0.215 e. The Bertz CT molecular complexity index is 817. The number of ketones is 2. The van der Waals surface area contributed by atoms with Crippen LogP contribution in [0.25, 0.3) is 0 Å². The van der Waals surface area contributed by atoms with Crippen LogP contribution >= 0.6 is 11.6 Å². The first-order chi connectivity index (χ1) is 14.0. The third-order valence-electron chi connectivity index (χ3n) is 5.12. The number of nitrogens with zero attached hydrogens (tertiary/aromatic N) is 2. The van der Waals surface area contributed by atoms with Crippen molar-refractivity contribution in [1.82, 2.24) is 9.80 Å². The van der Waals surface area contributed by atoms with Gasteiger partial charge in [-0.1, -0.05) is 11.6 Å². The Kier molecular flexibility index (Phi) is 7.13. The topological polar surface area (TPSA) is 88.5 Å². The summed E-state index contributed by atoms with van der Waals surface area (Å²) < 4.78 is 15.9. The Balaban J connectivity index is 1.80. The van der Waals surface area contributed by atoms with Crippen molar-refractivity contribution in [3.8, 4) is 11.5 Å². The fourth-order valence-corrected chi connectivity index (χ4v) is 3.93. The quantitative estimate of drug-likeness (QED) is 0.622. The van der Waals surface area contributed by atoms with Crippen LogP contribution in [0.5, 0.6) is 11.5 Å². The van der Waals surface area contributed by atoms with Crippen LogP contribution in [0.3, 0.4) is 0 Å². The van der Waals surface area contributed by atoms with Crippen molar-refractivity contribution in [2.24, 2.45) is 0 Å². The number of ether oxygens (including phenoxy) is 3. The third-order valence-corrected chi connectivity index (χ3v) is 5.47. The molecule has 1 aromatic rings. The van der Waals surface area contributed by atoms with Crippen LogP contribution < -0.4 is 9.47 Å². The van der Waals surface area contributed by atoms with Gasteiger partial charge in [-0.15, -0.1) is 0 Å². The number of rotatable bonds is 8. The maximum absolute atomic E-state index is 13.3. The number of carbonyl (C=O) groups excluding carboxylic acids is 2. The first-order valence-corrected chi connectivity index (χ1v) is 9.81. The molecule has 158 valence electrons. The normalized spacial score (nSPS) is 17.6. The Hall–Kier alpha value is -2.13. The minimum absolute atomic E-state index is 0.00624. The second kappa shape index (κ2) is 9.58. The van der Waals surface area contributed by atoms with Gasteiger partial charge in [0.25, 0.3) is 0 Å². The van der Waals surface area contributed by atoms with Crippen LogP contribution in [0.1, 0.15) is 20.7 Å². The lowest BCUT2D eigenvalue weighted by Gasteiger charge is -2.38. The van der Waals surface area contributed by atoms with Crippen molar-refractivity contribution >= 4 is 23.2 Å². The molecule has 1 aromatic carbocycles. The number of piperazine rings is 1. The van der Waals surface area contributed by atoms with E-state index in [-0.39, 0.29) is 34.2 Å². The second-order valence-electron chi connectivity index (χ2n) is 6.71. The van der Waals surface area contributed by atoms with Gasteiger partial charge in [0.1, 0.15) is 22.2 Å². The number of methoxy groups -OCH3 is 2. The van der Waals surface area contributed by atoms with Crippen LogP contribution in [-0.4, -0.2) is 93.2 Å². The monoisotopic (exact) mass is 424 g/mol. The number of fused-ring (bicyclic) bond motifs is 1. The Labute approximate surface area is 174 Å². The average Bonchev–Trinajstić information content (AvgIpc) is 2.75. The molecule has 1 fully saturated rings. The predicted molar refractivity (Wildman–Crippen MR) is 107 cm³/mol. The number of aliphatic hydroxyl groups is 1. The summed E-state index contributed by atoms with van der Waals surface area (Å²) in [5.74, 6) is -0.156. The molecule has 3 rings (SSSR count). The van der Waals surface area contributed by atoms with E-state index in [1.165, 1.54) is 14.2 Å². The van der Waals surface area contributed by atoms with E-state index in [0.717, 1.165) is 6.54 Å². The molecule has 1 N–H and O–H groups in total. The summed E-state index contributed by atoms with van der Waals surface area (Å²) in [7, 11) is 2.90. The maximum Gasteiger partial charge on any atom is 0.215 e. The molecule has 29 heavy (non-hydrogen) atoms. The molecule has 1 saturated heterocycles. The Morgan fingerprint density at radius 1 is 0.966 bits per heavy atom. The summed E-state index contributed by atoms with van der Waals surface area (Å²) in [6.45, 7) is 4.14. The lowest BCUT2D eigenvalue weighted by Crippen LogP contribution is -2.48. The van der Waals surface area contributed by atoms with E-state index in [1.807, 2.05) is 4.90 Å². The fourth-order valence-electron chi connectivity index (χ4n) is 3.63. The van der Waals surface area contributed by atoms with Crippen LogP contribution in [0.15, 0.2) is 22.9 Å². The summed E-state index contributed by atoms with van der Waals surface area (Å²) in [6, 6.07) is 3.21. The van der Waals surface area contributed by atoms with E-state index in [1.54, 1.807) is 12.1 Å². The minimum atomic E-state index is -0.438. The molecule has 0 atom stereocenters. The van der Waals surface area contributed by atoms with Crippen LogP contribution in [0, 0.1) is 0 Å². The summed E-state index contributed by atoms with van der Waals surface area (Å²) in [4.78, 5) is 30.4. The van der Waals surface area contributed by atoms with Gasteiger partial charge in [0.2, 0.25) is 11.6 Å². The van der Waals surface area contributed by atoms with Gasteiger partial charge in [-0.2, -0.15) is 0 Å². The summed E-state index contributed by atoms with van der Waals surface area (Å²) in [5, 5.41) is 8.67. The van der Waals surface area contributed by atoms with E-state index in [9.17, 15) is 9.59 Å². The van der Waals surface area contributed by atoms with E-state index in [0.29, 0.717) is 50.9 Å². The molecule has 0 unspecified atom stereocenters. The highest BCUT2D eigenvalue weighted by Gasteiger charge is 2.39. The zero-order chi connectivity index (χ0) is 21.0. The number of aliphatic hydroxyl groups excluding tert-OH is 1. The molecule has 2 aliphatic rings. The second-order valence-corrected chi connectivity index (χ2v) is 7.08. The maximum atomic E-state index is 13.3. The van der Waals surface area contributed by atoms with Crippen molar-refractivity contribution in [2.45, 2.75) is 0 Å². The molecule has 1 aliphatic carbocycles. The van der Waals surface area contributed by atoms with Gasteiger partial charge in [-0.25, -0.2) is 0 Å². The molecule has 9 heteroatoms. The van der Waals surface area contributed by atoms with Crippen LogP contribution in [0.4, 0.5) is 0 Å². The lowest BCUT2D eigenvalue weighted by molar-refractivity contribution is 0.0606. The van der Waals surface area contributed by atoms with E-state index >= 15 is 0 Å². The molecular formula is C20H25ClN2O6. The molecule has 0 amide bonds. The van der Waals surface area contributed by atoms with Crippen LogP contribution in [0.2, 0.25) is 0 Å². The first-order valence-electron chi connectivity index (χ1n) is 9.43. The van der Waals surface area contributed by atoms with Gasteiger partial charge in [0.15, 0.2) is 0 Å². The number of benzene rings is 1. The fraction of sp³-hybridized carbons (Fsp3) is 0.500. The highest BCUT2D eigenvalue weighted by molar-refractivity contribution is 6.50. The Morgan fingerprint density at radius 3 is 2.10 bits per heavy atom. The standard InChI is InChI=1S/C20H25ClN2O6/c1-27-13-3-4-14(28-2)16-15(13)19(25)17(21)18(20(16)26)23-7-5-22(6-8-23)9-11-29-12-10-24/h3-4,24H,5-12H2,1-2H3. The van der Waals surface area contributed by atoms with Crippen molar-refractivity contribution in [2.75, 3.05) is 66.8 Å². The zero-order valence-electron chi connectivity index (χ0n) is 16.6. The van der Waals surface area contributed by atoms with Crippen molar-refractivity contribution in [3.63, 3.8) is 0 Å². The van der Waals surface area contributed by atoms with Gasteiger partial charge < -0.3 is 24.2 Å². The zero-order valence-corrected chi connectivity index (χ0v) is 17.3. The van der Waals surface area contributed by atoms with E-state index in [2.05, 4.69) is 4.90 Å². The minimum Gasteiger partial charge on any atom is -0.496 e. The summed E-state index contributed by atoms with van der Waals surface area (Å²) >= 11 is 6.38. The number of Topliss-reactive ketones (excluding diaryl/α,β-unsaturated/α-hetero) is 2. The molecule has 0 saturated carbocycles. The largest absolute Gasteiger partial charge is 0.496 e. The third kappa shape index (κ3) is 4.25. The first kappa shape index (κ1) is 21.6. The molecule has 0 aromatic heterocycles. The van der Waals surface area contributed by atoms with E-state index in [4.69, 9.17) is 30.9 Å². The number of carbonyl (C=O) groups is 2. The molecule has 0 radical (unpaired) electrons. The molecule has 8 nitrogen and oxygen atoms in total. The number of hydrogen-bond donors (Lipinski definition) is 1. The van der Waals surface area contributed by atoms with Crippen molar-refractivity contribution < 1.29 is 28.9 Å². The van der Waals surface area contributed by atoms with Crippen LogP contribution in [-0.2, 0) is 4.74 Å². The van der Waals surface area contributed by atoms with Gasteiger partial charge in [-0.05, 0) is 12.1 Å². The molecule has 1 aliphatic heterocycles. The van der Waals surface area contributed by atoms with E-state index < -0.39 is 5.78 Å². The van der Waals surface area contributed by atoms with Gasteiger partial charge in [-0.3, -0.25) is 14.5 Å². The summed E-state index contributed by atoms with van der Waals surface area (Å²) in [6.07, 6.45) is 0. The van der Waals surface area contributed by atoms with Crippen molar-refractivity contribution in [3.05, 3.63) is 34.0 Å². The molecule has 0 bridgehead atoms. The number of allylic oxidation sites excluding steroid dienone is 2. The molecule has 1 heterocycles. The number of hydrogen-bond acceptors (Lipinski definition) is 8. The van der Waals surface area contributed by atoms with Crippen molar-refractivity contribution in [1.29, 1.82) is 0 Å². The Morgan fingerprint density at radius 2 is 1.55 bits per heavy atom.